The van der Waals surface area contributed by atoms with Crippen molar-refractivity contribution in [3.63, 3.8) is 0 Å². The molecule has 3 nitrogen and oxygen atoms in total. The normalized spacial score (nSPS) is 10.5. The van der Waals surface area contributed by atoms with Gasteiger partial charge in [-0.25, -0.2) is 8.78 Å². The van der Waals surface area contributed by atoms with Gasteiger partial charge in [-0.1, -0.05) is 18.3 Å². The zero-order chi connectivity index (χ0) is 15.7. The number of aryl methyl sites for hydroxylation is 3. The topological polar surface area (TPSA) is 50.9 Å². The fourth-order valence-corrected chi connectivity index (χ4v) is 2.40. The van der Waals surface area contributed by atoms with Gasteiger partial charge in [-0.05, 0) is 38.5 Å². The van der Waals surface area contributed by atoms with Gasteiger partial charge in [0.2, 0.25) is 0 Å². The molecule has 0 aliphatic carbocycles. The third-order valence-corrected chi connectivity index (χ3v) is 3.32. The molecule has 0 saturated heterocycles. The Labute approximate surface area is 127 Å². The fraction of sp³-hybridized carbons (Fsp3) is 0.200. The molecular weight excluding hydrogens is 292 g/mol. The van der Waals surface area contributed by atoms with Gasteiger partial charge in [-0.15, -0.1) is 0 Å². The molecule has 2 aromatic rings. The number of nitrogens with zero attached hydrogens (tertiary/aromatic N) is 1. The highest BCUT2D eigenvalue weighted by Crippen LogP contribution is 2.28. The van der Waals surface area contributed by atoms with Crippen molar-refractivity contribution in [2.24, 2.45) is 5.73 Å². The van der Waals surface area contributed by atoms with E-state index >= 15 is 0 Å². The first kappa shape index (κ1) is 15.3. The smallest absolute Gasteiger partial charge is 0.152 e. The number of thiocarbonyl (C=S) groups is 1. The van der Waals surface area contributed by atoms with Crippen LogP contribution in [0.5, 0.6) is 0 Å². The van der Waals surface area contributed by atoms with Gasteiger partial charge in [-0.3, -0.25) is 4.98 Å². The van der Waals surface area contributed by atoms with Crippen LogP contribution < -0.4 is 11.1 Å². The molecule has 0 fully saturated rings. The number of hydrogen-bond acceptors (Lipinski definition) is 3. The summed E-state index contributed by atoms with van der Waals surface area (Å²) in [6.45, 7) is 5.09. The highest BCUT2D eigenvalue weighted by Gasteiger charge is 2.16. The molecule has 0 bridgehead atoms. The Hall–Kier alpha value is -2.08. The van der Waals surface area contributed by atoms with Crippen LogP contribution in [0, 0.1) is 32.4 Å². The fourth-order valence-electron chi connectivity index (χ4n) is 2.14. The number of nitrogens with two attached hydrogens (primary N) is 1. The third kappa shape index (κ3) is 3.00. The highest BCUT2D eigenvalue weighted by atomic mass is 32.1. The Morgan fingerprint density at radius 2 is 1.90 bits per heavy atom. The monoisotopic (exact) mass is 307 g/mol. The van der Waals surface area contributed by atoms with Crippen molar-refractivity contribution in [3.05, 3.63) is 52.3 Å². The average Bonchev–Trinajstić information content (AvgIpc) is 2.38. The zero-order valence-electron chi connectivity index (χ0n) is 11.9. The SMILES string of the molecule is Cc1cc(Nc2c(F)ccc(C)c2F)c(C(N)=S)c(C)n1. The van der Waals surface area contributed by atoms with E-state index in [9.17, 15) is 8.78 Å². The lowest BCUT2D eigenvalue weighted by molar-refractivity contribution is 0.585. The minimum atomic E-state index is -0.681. The van der Waals surface area contributed by atoms with Crippen LogP contribution in [0.25, 0.3) is 0 Å². The second kappa shape index (κ2) is 5.73. The van der Waals surface area contributed by atoms with E-state index in [1.807, 2.05) is 0 Å². The second-order valence-electron chi connectivity index (χ2n) is 4.81. The Morgan fingerprint density at radius 1 is 1.24 bits per heavy atom. The van der Waals surface area contributed by atoms with Gasteiger partial charge < -0.3 is 11.1 Å². The first-order valence-electron chi connectivity index (χ1n) is 6.31. The first-order valence-corrected chi connectivity index (χ1v) is 6.71. The number of hydrogen-bond donors (Lipinski definition) is 2. The summed E-state index contributed by atoms with van der Waals surface area (Å²) in [4.78, 5) is 4.39. The summed E-state index contributed by atoms with van der Waals surface area (Å²) >= 11 is 5.00. The molecule has 1 aromatic heterocycles. The number of rotatable bonds is 3. The van der Waals surface area contributed by atoms with Crippen LogP contribution in [0.2, 0.25) is 0 Å². The Kier molecular flexibility index (Phi) is 4.18. The molecule has 3 N–H and O–H groups in total. The molecule has 0 amide bonds. The lowest BCUT2D eigenvalue weighted by atomic mass is 10.1. The summed E-state index contributed by atoms with van der Waals surface area (Å²) in [6, 6.07) is 4.25. The third-order valence-electron chi connectivity index (χ3n) is 3.12. The van der Waals surface area contributed by atoms with E-state index in [1.165, 1.54) is 12.1 Å². The van der Waals surface area contributed by atoms with E-state index in [0.717, 1.165) is 0 Å². The number of aromatic nitrogens is 1. The number of nitrogens with one attached hydrogen (secondary N) is 1. The number of anilines is 2. The van der Waals surface area contributed by atoms with Crippen molar-refractivity contribution in [3.8, 4) is 0 Å². The van der Waals surface area contributed by atoms with Gasteiger partial charge in [0.25, 0.3) is 0 Å². The standard InChI is InChI=1S/C15H15F2N3S/c1-7-4-5-10(16)14(13(7)17)20-11-6-8(2)19-9(3)12(11)15(18)21/h4-6H,1-3H3,(H2,18,21)(H,19,20). The maximum atomic E-state index is 14.1. The molecular formula is C15H15F2N3S. The van der Waals surface area contributed by atoms with Crippen LogP contribution in [0.1, 0.15) is 22.5 Å². The Balaban J connectivity index is 2.60. The van der Waals surface area contributed by atoms with E-state index in [1.54, 1.807) is 26.8 Å². The molecule has 1 aromatic carbocycles. The summed E-state index contributed by atoms with van der Waals surface area (Å²) in [5.41, 5.74) is 8.04. The van der Waals surface area contributed by atoms with E-state index in [2.05, 4.69) is 10.3 Å². The van der Waals surface area contributed by atoms with E-state index < -0.39 is 11.6 Å². The van der Waals surface area contributed by atoms with Crippen LogP contribution in [-0.2, 0) is 0 Å². The number of benzene rings is 1. The minimum Gasteiger partial charge on any atom is -0.389 e. The maximum absolute atomic E-state index is 14.1. The Morgan fingerprint density at radius 3 is 2.52 bits per heavy atom. The maximum Gasteiger partial charge on any atom is 0.152 e. The van der Waals surface area contributed by atoms with Crippen LogP contribution in [0.3, 0.4) is 0 Å². The largest absolute Gasteiger partial charge is 0.389 e. The van der Waals surface area contributed by atoms with Crippen molar-refractivity contribution >= 4 is 28.6 Å². The molecule has 21 heavy (non-hydrogen) atoms. The summed E-state index contributed by atoms with van der Waals surface area (Å²) in [5, 5.41) is 2.76. The van der Waals surface area contributed by atoms with Crippen LogP contribution in [0.15, 0.2) is 18.2 Å². The number of halogens is 2. The van der Waals surface area contributed by atoms with Crippen molar-refractivity contribution in [1.82, 2.24) is 4.98 Å². The summed E-state index contributed by atoms with van der Waals surface area (Å²) < 4.78 is 28.0. The van der Waals surface area contributed by atoms with E-state index in [4.69, 9.17) is 18.0 Å². The second-order valence-corrected chi connectivity index (χ2v) is 5.25. The lowest BCUT2D eigenvalue weighted by Gasteiger charge is -2.16. The van der Waals surface area contributed by atoms with Crippen LogP contribution >= 0.6 is 12.2 Å². The van der Waals surface area contributed by atoms with Crippen LogP contribution in [0.4, 0.5) is 20.2 Å². The highest BCUT2D eigenvalue weighted by molar-refractivity contribution is 7.80. The molecule has 0 unspecified atom stereocenters. The first-order chi connectivity index (χ1) is 9.81. The van der Waals surface area contributed by atoms with Crippen molar-refractivity contribution in [2.45, 2.75) is 20.8 Å². The van der Waals surface area contributed by atoms with Gasteiger partial charge in [0, 0.05) is 11.4 Å². The lowest BCUT2D eigenvalue weighted by Crippen LogP contribution is -2.16. The van der Waals surface area contributed by atoms with Crippen LogP contribution in [-0.4, -0.2) is 9.97 Å². The summed E-state index contributed by atoms with van der Waals surface area (Å²) in [7, 11) is 0. The predicted octanol–water partition coefficient (Wildman–Crippen LogP) is 3.66. The molecule has 0 radical (unpaired) electrons. The summed E-state index contributed by atoms with van der Waals surface area (Å²) in [6.07, 6.45) is 0. The zero-order valence-corrected chi connectivity index (χ0v) is 12.7. The quantitative estimate of drug-likeness (QED) is 0.850. The van der Waals surface area contributed by atoms with Gasteiger partial charge >= 0.3 is 0 Å². The molecule has 0 aliphatic heterocycles. The Bertz CT molecular complexity index is 729. The van der Waals surface area contributed by atoms with Crippen molar-refractivity contribution < 1.29 is 8.78 Å². The predicted molar refractivity (Wildman–Crippen MR) is 84.0 cm³/mol. The minimum absolute atomic E-state index is 0.121. The van der Waals surface area contributed by atoms with Gasteiger partial charge in [-0.2, -0.15) is 0 Å². The molecule has 110 valence electrons. The molecule has 0 atom stereocenters. The van der Waals surface area contributed by atoms with E-state index in [0.29, 0.717) is 28.2 Å². The molecule has 0 aliphatic rings. The van der Waals surface area contributed by atoms with Gasteiger partial charge in [0.05, 0.1) is 11.3 Å². The molecule has 0 saturated carbocycles. The number of pyridine rings is 1. The van der Waals surface area contributed by atoms with Crippen molar-refractivity contribution in [1.29, 1.82) is 0 Å². The summed E-state index contributed by atoms with van der Waals surface area (Å²) in [5.74, 6) is -1.32. The molecule has 0 spiro atoms. The average molecular weight is 307 g/mol. The molecule has 2 rings (SSSR count). The van der Waals surface area contributed by atoms with Crippen molar-refractivity contribution in [2.75, 3.05) is 5.32 Å². The van der Waals surface area contributed by atoms with Gasteiger partial charge in [0.15, 0.2) is 5.82 Å². The molecule has 6 heteroatoms. The van der Waals surface area contributed by atoms with Gasteiger partial charge in [0.1, 0.15) is 16.5 Å². The molecule has 1 heterocycles. The van der Waals surface area contributed by atoms with E-state index in [-0.39, 0.29) is 10.7 Å².